The summed E-state index contributed by atoms with van der Waals surface area (Å²) in [5.41, 5.74) is 0.670. The highest BCUT2D eigenvalue weighted by atomic mass is 16.2. The SMILES string of the molecule is [2H]C([2H])([2H])NC(=O)c1c(Nc2cn(C)c3ccn(-c4ccn(C)n4)c(=O)c23)ccnc1NC(=O)C1CC1. The number of anilines is 3. The summed E-state index contributed by atoms with van der Waals surface area (Å²) >= 11 is 0. The number of carbonyl (C=O) groups is 2. The molecule has 0 radical (unpaired) electrons. The van der Waals surface area contributed by atoms with E-state index in [4.69, 9.17) is 4.11 Å². The van der Waals surface area contributed by atoms with E-state index in [1.165, 1.54) is 16.8 Å². The Balaban J connectivity index is 1.61. The fourth-order valence-electron chi connectivity index (χ4n) is 3.87. The number of aryl methyl sites for hydroxylation is 2. The molecule has 4 heterocycles. The van der Waals surface area contributed by atoms with Gasteiger partial charge in [0.05, 0.1) is 22.3 Å². The van der Waals surface area contributed by atoms with Crippen molar-refractivity contribution in [2.75, 3.05) is 17.6 Å². The van der Waals surface area contributed by atoms with Crippen LogP contribution in [0.5, 0.6) is 0 Å². The molecule has 2 amide bonds. The Bertz CT molecular complexity index is 1600. The van der Waals surface area contributed by atoms with Crippen LogP contribution in [0.2, 0.25) is 0 Å². The van der Waals surface area contributed by atoms with Crippen molar-refractivity contribution >= 4 is 39.9 Å². The van der Waals surface area contributed by atoms with E-state index < -0.39 is 12.9 Å². The average Bonchev–Trinajstić information content (AvgIpc) is 3.50. The van der Waals surface area contributed by atoms with Crippen LogP contribution in [0.4, 0.5) is 17.2 Å². The molecule has 34 heavy (non-hydrogen) atoms. The van der Waals surface area contributed by atoms with Gasteiger partial charge in [0, 0.05) is 62.0 Å². The monoisotopic (exact) mass is 463 g/mol. The zero-order valence-electron chi connectivity index (χ0n) is 21.5. The van der Waals surface area contributed by atoms with E-state index in [9.17, 15) is 14.4 Å². The Morgan fingerprint density at radius 3 is 2.68 bits per heavy atom. The van der Waals surface area contributed by atoms with E-state index in [2.05, 4.69) is 20.7 Å². The molecule has 0 aromatic carbocycles. The zero-order valence-corrected chi connectivity index (χ0v) is 18.5. The molecule has 11 heteroatoms. The molecular formula is C23H24N8O3. The van der Waals surface area contributed by atoms with Gasteiger partial charge in [0.2, 0.25) is 5.91 Å². The smallest absolute Gasteiger partial charge is 0.267 e. The van der Waals surface area contributed by atoms with Crippen LogP contribution in [-0.2, 0) is 18.9 Å². The van der Waals surface area contributed by atoms with Crippen LogP contribution in [0.15, 0.2) is 47.8 Å². The number of fused-ring (bicyclic) bond motifs is 1. The third kappa shape index (κ3) is 3.70. The van der Waals surface area contributed by atoms with E-state index in [0.717, 1.165) is 12.8 Å². The number of carbonyl (C=O) groups excluding carboxylic acids is 2. The van der Waals surface area contributed by atoms with E-state index in [1.54, 1.807) is 54.1 Å². The molecule has 5 rings (SSSR count). The van der Waals surface area contributed by atoms with Gasteiger partial charge >= 0.3 is 0 Å². The standard InChI is InChI=1S/C23H24N8O3/c1-24-22(33)19-14(6-9-25-20(19)27-21(32)13-4-5-13)26-15-12-29(2)16-7-11-31(23(34)18(15)16)17-8-10-30(3)28-17/h6-13H,4-5H2,1-3H3,(H,24,33)(H2,25,26,27,32)/i1D3. The second-order valence-electron chi connectivity index (χ2n) is 8.18. The van der Waals surface area contributed by atoms with Crippen molar-refractivity contribution in [1.29, 1.82) is 0 Å². The van der Waals surface area contributed by atoms with Gasteiger partial charge < -0.3 is 20.5 Å². The van der Waals surface area contributed by atoms with Crippen LogP contribution in [0.3, 0.4) is 0 Å². The van der Waals surface area contributed by atoms with Crippen molar-refractivity contribution in [3.63, 3.8) is 0 Å². The summed E-state index contributed by atoms with van der Waals surface area (Å²) in [6, 6.07) is 4.95. The summed E-state index contributed by atoms with van der Waals surface area (Å²) < 4.78 is 27.1. The highest BCUT2D eigenvalue weighted by Crippen LogP contribution is 2.33. The maximum absolute atomic E-state index is 13.5. The average molecular weight is 464 g/mol. The first-order valence-electron chi connectivity index (χ1n) is 12.1. The number of hydrogen-bond acceptors (Lipinski definition) is 6. The summed E-state index contributed by atoms with van der Waals surface area (Å²) in [6.07, 6.45) is 7.89. The normalized spacial score (nSPS) is 14.8. The van der Waals surface area contributed by atoms with Gasteiger partial charge in [-0.3, -0.25) is 23.6 Å². The maximum atomic E-state index is 13.5. The summed E-state index contributed by atoms with van der Waals surface area (Å²) in [6.45, 7) is -2.77. The van der Waals surface area contributed by atoms with Crippen LogP contribution in [0, 0.1) is 5.92 Å². The highest BCUT2D eigenvalue weighted by molar-refractivity contribution is 6.08. The topological polar surface area (TPSA) is 128 Å². The van der Waals surface area contributed by atoms with Gasteiger partial charge in [0.1, 0.15) is 11.4 Å². The first-order valence-corrected chi connectivity index (χ1v) is 10.6. The number of aromatic nitrogens is 5. The minimum absolute atomic E-state index is 0.0743. The van der Waals surface area contributed by atoms with Crippen LogP contribution < -0.4 is 21.5 Å². The molecule has 1 aliphatic carbocycles. The molecule has 1 fully saturated rings. The van der Waals surface area contributed by atoms with E-state index in [0.29, 0.717) is 22.4 Å². The molecule has 174 valence electrons. The Labute approximate surface area is 198 Å². The fourth-order valence-corrected chi connectivity index (χ4v) is 3.87. The molecule has 1 aliphatic rings. The number of amides is 2. The van der Waals surface area contributed by atoms with Crippen LogP contribution in [0.25, 0.3) is 16.7 Å². The first kappa shape index (κ1) is 18.1. The lowest BCUT2D eigenvalue weighted by molar-refractivity contribution is -0.117. The number of nitrogens with one attached hydrogen (secondary N) is 3. The van der Waals surface area contributed by atoms with E-state index in [-0.39, 0.29) is 34.5 Å². The van der Waals surface area contributed by atoms with Crippen LogP contribution >= 0.6 is 0 Å². The summed E-state index contributed by atoms with van der Waals surface area (Å²) in [5, 5.41) is 12.3. The van der Waals surface area contributed by atoms with Crippen molar-refractivity contribution in [2.24, 2.45) is 20.0 Å². The molecule has 0 aliphatic heterocycles. The minimum atomic E-state index is -2.77. The molecular weight excluding hydrogens is 436 g/mol. The number of rotatable bonds is 6. The third-order valence-electron chi connectivity index (χ3n) is 5.74. The highest BCUT2D eigenvalue weighted by Gasteiger charge is 2.31. The largest absolute Gasteiger partial charge is 0.355 e. The minimum Gasteiger partial charge on any atom is -0.355 e. The molecule has 11 nitrogen and oxygen atoms in total. The lowest BCUT2D eigenvalue weighted by Crippen LogP contribution is -2.24. The lowest BCUT2D eigenvalue weighted by Gasteiger charge is -2.15. The van der Waals surface area contributed by atoms with Crippen LogP contribution in [0.1, 0.15) is 27.3 Å². The Morgan fingerprint density at radius 2 is 1.97 bits per heavy atom. The van der Waals surface area contributed by atoms with Gasteiger partial charge in [-0.2, -0.15) is 5.10 Å². The van der Waals surface area contributed by atoms with E-state index >= 15 is 0 Å². The van der Waals surface area contributed by atoms with Gasteiger partial charge in [-0.15, -0.1) is 0 Å². The van der Waals surface area contributed by atoms with E-state index in [1.807, 2.05) is 5.32 Å². The zero-order chi connectivity index (χ0) is 26.5. The van der Waals surface area contributed by atoms with Crippen molar-refractivity contribution in [3.05, 3.63) is 58.9 Å². The predicted octanol–water partition coefficient (Wildman–Crippen LogP) is 1.91. The Morgan fingerprint density at radius 1 is 1.15 bits per heavy atom. The number of nitrogens with zero attached hydrogens (tertiary/aromatic N) is 5. The molecule has 0 spiro atoms. The molecule has 1 saturated carbocycles. The van der Waals surface area contributed by atoms with Crippen molar-refractivity contribution in [3.8, 4) is 5.82 Å². The fraction of sp³-hybridized carbons (Fsp3) is 0.261. The lowest BCUT2D eigenvalue weighted by atomic mass is 10.1. The molecule has 4 aromatic rings. The predicted molar refractivity (Wildman–Crippen MR) is 128 cm³/mol. The Hall–Kier alpha value is -4.41. The first-order chi connectivity index (χ1) is 17.5. The van der Waals surface area contributed by atoms with Crippen LogP contribution in [-0.4, -0.2) is 42.7 Å². The molecule has 0 atom stereocenters. The number of pyridine rings is 2. The van der Waals surface area contributed by atoms with Gasteiger partial charge in [0.25, 0.3) is 11.5 Å². The molecule has 0 bridgehead atoms. The molecule has 3 N–H and O–H groups in total. The van der Waals surface area contributed by atoms with Crippen molar-refractivity contribution < 1.29 is 13.7 Å². The number of hydrogen-bond donors (Lipinski definition) is 3. The molecule has 4 aromatic heterocycles. The molecule has 0 saturated heterocycles. The summed E-state index contributed by atoms with van der Waals surface area (Å²) in [4.78, 5) is 43.1. The summed E-state index contributed by atoms with van der Waals surface area (Å²) in [5.74, 6) is -1.05. The van der Waals surface area contributed by atoms with Gasteiger partial charge in [-0.25, -0.2) is 4.98 Å². The summed E-state index contributed by atoms with van der Waals surface area (Å²) in [7, 11) is 3.52. The quantitative estimate of drug-likeness (QED) is 0.401. The molecule has 0 unspecified atom stereocenters. The van der Waals surface area contributed by atoms with Gasteiger partial charge in [-0.1, -0.05) is 0 Å². The van der Waals surface area contributed by atoms with Crippen molar-refractivity contribution in [2.45, 2.75) is 12.8 Å². The second-order valence-corrected chi connectivity index (χ2v) is 8.18. The third-order valence-corrected chi connectivity index (χ3v) is 5.74. The van der Waals surface area contributed by atoms with Crippen molar-refractivity contribution in [1.82, 2.24) is 29.2 Å². The second kappa shape index (κ2) is 8.18. The maximum Gasteiger partial charge on any atom is 0.267 e. The Kier molecular flexibility index (Phi) is 4.34. The van der Waals surface area contributed by atoms with Gasteiger partial charge in [-0.05, 0) is 25.0 Å². The van der Waals surface area contributed by atoms with Gasteiger partial charge in [0.15, 0.2) is 5.82 Å².